The quantitative estimate of drug-likeness (QED) is 0.526. The molecule has 2 aromatic rings. The lowest BCUT2D eigenvalue weighted by molar-refractivity contribution is 0.0514. The Morgan fingerprint density at radius 3 is 2.44 bits per heavy atom. The van der Waals surface area contributed by atoms with Gasteiger partial charge in [-0.15, -0.1) is 0 Å². The van der Waals surface area contributed by atoms with Gasteiger partial charge in [0.15, 0.2) is 6.79 Å². The minimum atomic E-state index is 0.288. The zero-order valence-electron chi connectivity index (χ0n) is 17.1. The fourth-order valence-corrected chi connectivity index (χ4v) is 5.29. The Hall–Kier alpha value is -1.41. The number of methoxy groups -OCH3 is 1. The third-order valence-corrected chi connectivity index (χ3v) is 6.51. The van der Waals surface area contributed by atoms with Gasteiger partial charge in [-0.25, -0.2) is 0 Å². The van der Waals surface area contributed by atoms with E-state index in [1.54, 1.807) is 7.11 Å². The van der Waals surface area contributed by atoms with Crippen LogP contribution in [0.25, 0.3) is 0 Å². The summed E-state index contributed by atoms with van der Waals surface area (Å²) in [4.78, 5) is 2.61. The second-order valence-corrected chi connectivity index (χ2v) is 8.96. The van der Waals surface area contributed by atoms with E-state index in [1.807, 2.05) is 0 Å². The van der Waals surface area contributed by atoms with Crippen LogP contribution in [0.5, 0.6) is 5.75 Å². The Morgan fingerprint density at radius 1 is 0.926 bits per heavy atom. The average Bonchev–Trinajstić information content (AvgIpc) is 2.64. The van der Waals surface area contributed by atoms with Crippen LogP contribution < -0.4 is 15.3 Å². The Morgan fingerprint density at radius 2 is 1.70 bits per heavy atom. The van der Waals surface area contributed by atoms with Crippen LogP contribution in [0.3, 0.4) is 0 Å². The maximum atomic E-state index is 5.93. The Labute approximate surface area is 165 Å². The number of aryl methyl sites for hydroxylation is 3. The molecular formula is C23H32NO2P. The van der Waals surface area contributed by atoms with Gasteiger partial charge in [0, 0.05) is 19.0 Å². The second kappa shape index (κ2) is 9.68. The highest BCUT2D eigenvalue weighted by molar-refractivity contribution is 7.55. The van der Waals surface area contributed by atoms with Crippen molar-refractivity contribution in [2.24, 2.45) is 0 Å². The number of nitrogens with zero attached hydrogens (tertiary/aromatic N) is 1. The molecule has 27 heavy (non-hydrogen) atoms. The van der Waals surface area contributed by atoms with Gasteiger partial charge in [0.05, 0.1) is 0 Å². The van der Waals surface area contributed by atoms with Crippen LogP contribution in [0.1, 0.15) is 41.5 Å². The molecule has 1 fully saturated rings. The van der Waals surface area contributed by atoms with E-state index in [1.165, 1.54) is 65.2 Å². The molecular weight excluding hydrogens is 353 g/mol. The van der Waals surface area contributed by atoms with E-state index in [2.05, 4.69) is 56.0 Å². The first-order valence-corrected chi connectivity index (χ1v) is 10.9. The van der Waals surface area contributed by atoms with Gasteiger partial charge in [-0.3, -0.25) is 4.90 Å². The molecule has 1 atom stereocenters. The van der Waals surface area contributed by atoms with Gasteiger partial charge in [0.1, 0.15) is 5.75 Å². The highest BCUT2D eigenvalue weighted by atomic mass is 31.1. The number of ether oxygens (including phenoxy) is 2. The van der Waals surface area contributed by atoms with Crippen molar-refractivity contribution < 1.29 is 9.47 Å². The van der Waals surface area contributed by atoms with Crippen molar-refractivity contribution in [2.75, 3.05) is 27.0 Å². The molecule has 0 amide bonds. The van der Waals surface area contributed by atoms with E-state index in [9.17, 15) is 0 Å². The van der Waals surface area contributed by atoms with Crippen LogP contribution in [0.4, 0.5) is 0 Å². The van der Waals surface area contributed by atoms with Crippen molar-refractivity contribution in [3.05, 3.63) is 52.6 Å². The molecule has 3 rings (SSSR count). The van der Waals surface area contributed by atoms with E-state index >= 15 is 0 Å². The molecule has 2 aromatic carbocycles. The summed E-state index contributed by atoms with van der Waals surface area (Å²) in [6, 6.07) is 11.4. The number of rotatable bonds is 7. The molecule has 1 aliphatic rings. The lowest BCUT2D eigenvalue weighted by Gasteiger charge is -2.27. The molecule has 0 aromatic heterocycles. The molecule has 0 saturated carbocycles. The average molecular weight is 385 g/mol. The molecule has 0 aliphatic carbocycles. The number of hydrogen-bond donors (Lipinski definition) is 0. The summed E-state index contributed by atoms with van der Waals surface area (Å²) in [6.45, 7) is 10.3. The van der Waals surface area contributed by atoms with Crippen LogP contribution in [0.15, 0.2) is 30.3 Å². The van der Waals surface area contributed by atoms with Gasteiger partial charge in [-0.1, -0.05) is 44.8 Å². The van der Waals surface area contributed by atoms with Gasteiger partial charge in [-0.2, -0.15) is 0 Å². The van der Waals surface area contributed by atoms with E-state index < -0.39 is 0 Å². The fraction of sp³-hybridized carbons (Fsp3) is 0.478. The molecule has 1 heterocycles. The summed E-state index contributed by atoms with van der Waals surface area (Å²) in [5, 5.41) is 2.70. The van der Waals surface area contributed by atoms with Crippen LogP contribution >= 0.6 is 8.58 Å². The van der Waals surface area contributed by atoms with Crippen LogP contribution in [-0.4, -0.2) is 31.9 Å². The Bertz CT molecular complexity index is 769. The highest BCUT2D eigenvalue weighted by Gasteiger charge is 2.15. The standard InChI is InChI=1S/C23H32NO2P/c1-17-8-9-21(20(13-17)15-24-10-6-5-7-11-24)27-22-14-18(2)12-19(3)23(22)26-16-25-4/h8-9,12-14,27H,5-7,10-11,15-16H2,1-4H3. The summed E-state index contributed by atoms with van der Waals surface area (Å²) in [7, 11) is 2.26. The first-order chi connectivity index (χ1) is 13.1. The van der Waals surface area contributed by atoms with E-state index in [0.717, 1.165) is 12.3 Å². The van der Waals surface area contributed by atoms with Crippen molar-refractivity contribution >= 4 is 19.2 Å². The minimum absolute atomic E-state index is 0.288. The summed E-state index contributed by atoms with van der Waals surface area (Å²) in [6.07, 6.45) is 4.03. The number of piperidine rings is 1. The minimum Gasteiger partial charge on any atom is -0.467 e. The summed E-state index contributed by atoms with van der Waals surface area (Å²) in [5.41, 5.74) is 5.27. The maximum absolute atomic E-state index is 5.93. The number of likely N-dealkylation sites (tertiary alicyclic amines) is 1. The van der Waals surface area contributed by atoms with Gasteiger partial charge in [0.2, 0.25) is 0 Å². The van der Waals surface area contributed by atoms with Crippen molar-refractivity contribution in [1.29, 1.82) is 0 Å². The number of benzene rings is 2. The SMILES string of the molecule is COCOc1c(C)cc(C)cc1Pc1ccc(C)cc1CN1CCCCC1. The molecule has 1 aliphatic heterocycles. The van der Waals surface area contributed by atoms with Crippen molar-refractivity contribution in [1.82, 2.24) is 4.90 Å². The largest absolute Gasteiger partial charge is 0.467 e. The Kier molecular flexibility index (Phi) is 7.29. The monoisotopic (exact) mass is 385 g/mol. The van der Waals surface area contributed by atoms with Gasteiger partial charge < -0.3 is 9.47 Å². The van der Waals surface area contributed by atoms with Crippen LogP contribution in [0, 0.1) is 20.8 Å². The summed E-state index contributed by atoms with van der Waals surface area (Å²) >= 11 is 0. The smallest absolute Gasteiger partial charge is 0.188 e. The molecule has 3 nitrogen and oxygen atoms in total. The van der Waals surface area contributed by atoms with Gasteiger partial charge in [-0.05, 0) is 74.8 Å². The zero-order chi connectivity index (χ0) is 19.2. The van der Waals surface area contributed by atoms with E-state index in [-0.39, 0.29) is 6.79 Å². The summed E-state index contributed by atoms with van der Waals surface area (Å²) < 4.78 is 11.1. The van der Waals surface area contributed by atoms with E-state index in [0.29, 0.717) is 8.58 Å². The molecule has 0 bridgehead atoms. The van der Waals surface area contributed by atoms with Crippen LogP contribution in [0.2, 0.25) is 0 Å². The maximum Gasteiger partial charge on any atom is 0.188 e. The van der Waals surface area contributed by atoms with Crippen LogP contribution in [-0.2, 0) is 11.3 Å². The first-order valence-electron chi connectivity index (χ1n) is 9.88. The normalized spacial score (nSPS) is 15.6. The third kappa shape index (κ3) is 5.54. The predicted octanol–water partition coefficient (Wildman–Crippen LogP) is 4.21. The molecule has 0 N–H and O–H groups in total. The lowest BCUT2D eigenvalue weighted by Crippen LogP contribution is -2.30. The summed E-state index contributed by atoms with van der Waals surface area (Å²) in [5.74, 6) is 0.977. The molecule has 1 saturated heterocycles. The van der Waals surface area contributed by atoms with Gasteiger partial charge in [0.25, 0.3) is 0 Å². The van der Waals surface area contributed by atoms with Crippen molar-refractivity contribution in [3.8, 4) is 5.75 Å². The molecule has 0 radical (unpaired) electrons. The topological polar surface area (TPSA) is 21.7 Å². The first kappa shape index (κ1) is 20.3. The molecule has 0 spiro atoms. The molecule has 1 unspecified atom stereocenters. The predicted molar refractivity (Wildman–Crippen MR) is 116 cm³/mol. The van der Waals surface area contributed by atoms with Gasteiger partial charge >= 0.3 is 0 Å². The highest BCUT2D eigenvalue weighted by Crippen LogP contribution is 2.27. The van der Waals surface area contributed by atoms with Crippen molar-refractivity contribution in [2.45, 2.75) is 46.6 Å². The second-order valence-electron chi connectivity index (χ2n) is 7.63. The fourth-order valence-electron chi connectivity index (χ4n) is 3.84. The third-order valence-electron chi connectivity index (χ3n) is 5.11. The van der Waals surface area contributed by atoms with Crippen molar-refractivity contribution in [3.63, 3.8) is 0 Å². The Balaban J connectivity index is 1.88. The molecule has 4 heteroatoms. The van der Waals surface area contributed by atoms with E-state index in [4.69, 9.17) is 9.47 Å². The number of hydrogen-bond acceptors (Lipinski definition) is 3. The lowest BCUT2D eigenvalue weighted by atomic mass is 10.1. The molecule has 146 valence electrons. The zero-order valence-corrected chi connectivity index (χ0v) is 18.1.